The van der Waals surface area contributed by atoms with E-state index in [2.05, 4.69) is 9.72 Å². The predicted molar refractivity (Wildman–Crippen MR) is 82.4 cm³/mol. The van der Waals surface area contributed by atoms with Crippen LogP contribution in [0, 0.1) is 0 Å². The fourth-order valence-electron chi connectivity index (χ4n) is 1.93. The molecule has 0 bridgehead atoms. The minimum Gasteiger partial charge on any atom is -0.465 e. The topological polar surface area (TPSA) is 72.6 Å². The number of rotatable bonds is 3. The van der Waals surface area contributed by atoms with Crippen LogP contribution in [0.1, 0.15) is 20.9 Å². The fourth-order valence-corrected chi connectivity index (χ4v) is 2.85. The van der Waals surface area contributed by atoms with Gasteiger partial charge in [-0.2, -0.15) is 0 Å². The van der Waals surface area contributed by atoms with Gasteiger partial charge in [-0.15, -0.1) is 0 Å². The average Bonchev–Trinajstić information content (AvgIpc) is 3.19. The number of ether oxygens (including phenoxy) is 1. The summed E-state index contributed by atoms with van der Waals surface area (Å²) in [5, 5.41) is 0.558. The molecule has 3 aromatic rings. The number of anilines is 1. The first-order chi connectivity index (χ1) is 10.6. The summed E-state index contributed by atoms with van der Waals surface area (Å²) < 4.78 is 10.7. The van der Waals surface area contributed by atoms with Gasteiger partial charge in [0.05, 0.1) is 22.9 Å². The lowest BCUT2D eigenvalue weighted by atomic mass is 10.3. The zero-order valence-electron chi connectivity index (χ0n) is 11.9. The Morgan fingerprint density at radius 3 is 2.82 bits per heavy atom. The number of hydrogen-bond donors (Lipinski definition) is 0. The van der Waals surface area contributed by atoms with Crippen molar-refractivity contribution in [3.63, 3.8) is 0 Å². The number of hydrogen-bond acceptors (Lipinski definition) is 6. The molecule has 112 valence electrons. The van der Waals surface area contributed by atoms with E-state index in [-0.39, 0.29) is 17.2 Å². The molecule has 2 heterocycles. The lowest BCUT2D eigenvalue weighted by molar-refractivity contribution is 0.0600. The van der Waals surface area contributed by atoms with Gasteiger partial charge in [0, 0.05) is 13.1 Å². The minimum absolute atomic E-state index is 0.0576. The maximum Gasteiger partial charge on any atom is 0.341 e. The Hall–Kier alpha value is -2.67. The number of methoxy groups -OCH3 is 1. The smallest absolute Gasteiger partial charge is 0.341 e. The van der Waals surface area contributed by atoms with Gasteiger partial charge >= 0.3 is 5.97 Å². The van der Waals surface area contributed by atoms with E-state index in [0.717, 1.165) is 10.2 Å². The van der Waals surface area contributed by atoms with E-state index in [0.29, 0.717) is 5.13 Å². The zero-order valence-corrected chi connectivity index (χ0v) is 12.7. The van der Waals surface area contributed by atoms with Crippen molar-refractivity contribution < 1.29 is 18.7 Å². The Morgan fingerprint density at radius 1 is 1.32 bits per heavy atom. The molecule has 0 spiro atoms. The van der Waals surface area contributed by atoms with E-state index >= 15 is 0 Å². The summed E-state index contributed by atoms with van der Waals surface area (Å²) >= 11 is 1.41. The minimum atomic E-state index is -0.551. The van der Waals surface area contributed by atoms with Crippen LogP contribution in [0.15, 0.2) is 41.0 Å². The maximum atomic E-state index is 12.4. The third-order valence-corrected chi connectivity index (χ3v) is 4.22. The van der Waals surface area contributed by atoms with Crippen molar-refractivity contribution in [2.45, 2.75) is 0 Å². The number of nitrogens with zero attached hydrogens (tertiary/aromatic N) is 2. The number of furan rings is 1. The van der Waals surface area contributed by atoms with Crippen molar-refractivity contribution in [3.8, 4) is 0 Å². The van der Waals surface area contributed by atoms with Gasteiger partial charge in [0.25, 0.3) is 5.91 Å². The molecule has 0 fully saturated rings. The van der Waals surface area contributed by atoms with E-state index < -0.39 is 5.97 Å². The number of aromatic nitrogens is 1. The molecule has 0 N–H and O–H groups in total. The zero-order chi connectivity index (χ0) is 15.7. The number of carbonyl (C=O) groups is 2. The third-order valence-electron chi connectivity index (χ3n) is 3.11. The lowest BCUT2D eigenvalue weighted by Crippen LogP contribution is -2.25. The summed E-state index contributed by atoms with van der Waals surface area (Å²) in [5.74, 6) is -0.873. The van der Waals surface area contributed by atoms with Crippen molar-refractivity contribution in [3.05, 3.63) is 47.9 Å². The van der Waals surface area contributed by atoms with Crippen LogP contribution in [0.4, 0.5) is 5.13 Å². The molecule has 6 nitrogen and oxygen atoms in total. The Balaban J connectivity index is 1.87. The van der Waals surface area contributed by atoms with Gasteiger partial charge in [-0.25, -0.2) is 9.78 Å². The molecule has 3 rings (SSSR count). The molecular formula is C15H12N2O4S. The predicted octanol–water partition coefficient (Wildman–Crippen LogP) is 2.95. The number of amides is 1. The van der Waals surface area contributed by atoms with Crippen LogP contribution in [0.5, 0.6) is 0 Å². The molecule has 0 aliphatic heterocycles. The SMILES string of the molecule is COC(=O)c1coc(C(=O)N(C)c2nc3ccccc3s2)c1. The second-order valence-electron chi connectivity index (χ2n) is 4.52. The summed E-state index contributed by atoms with van der Waals surface area (Å²) in [6.07, 6.45) is 1.20. The second-order valence-corrected chi connectivity index (χ2v) is 5.53. The average molecular weight is 316 g/mol. The van der Waals surface area contributed by atoms with Crippen molar-refractivity contribution in [1.29, 1.82) is 0 Å². The quantitative estimate of drug-likeness (QED) is 0.695. The Labute approximate surface area is 129 Å². The van der Waals surface area contributed by atoms with Crippen LogP contribution in [0.3, 0.4) is 0 Å². The van der Waals surface area contributed by atoms with E-state index in [1.54, 1.807) is 7.05 Å². The van der Waals surface area contributed by atoms with E-state index in [9.17, 15) is 9.59 Å². The van der Waals surface area contributed by atoms with E-state index in [1.165, 1.54) is 35.7 Å². The summed E-state index contributed by atoms with van der Waals surface area (Å²) in [4.78, 5) is 29.6. The van der Waals surface area contributed by atoms with E-state index in [4.69, 9.17) is 4.42 Å². The highest BCUT2D eigenvalue weighted by molar-refractivity contribution is 7.22. The maximum absolute atomic E-state index is 12.4. The van der Waals surface area contributed by atoms with Gasteiger partial charge in [-0.05, 0) is 12.1 Å². The molecule has 2 aromatic heterocycles. The molecule has 0 unspecified atom stereocenters. The number of esters is 1. The Bertz CT molecular complexity index is 819. The molecule has 0 aliphatic rings. The lowest BCUT2D eigenvalue weighted by Gasteiger charge is -2.11. The second kappa shape index (κ2) is 5.61. The molecule has 1 aromatic carbocycles. The number of carbonyl (C=O) groups excluding carboxylic acids is 2. The number of thiazole rings is 1. The molecular weight excluding hydrogens is 304 g/mol. The van der Waals surface area contributed by atoms with Gasteiger partial charge in [0.1, 0.15) is 6.26 Å². The molecule has 22 heavy (non-hydrogen) atoms. The van der Waals surface area contributed by atoms with Gasteiger partial charge in [0.2, 0.25) is 0 Å². The van der Waals surface area contributed by atoms with E-state index in [1.807, 2.05) is 24.3 Å². The molecule has 0 saturated carbocycles. The molecule has 0 saturated heterocycles. The van der Waals surface area contributed by atoms with Crippen LogP contribution < -0.4 is 4.90 Å². The number of para-hydroxylation sites is 1. The van der Waals surface area contributed by atoms with Crippen molar-refractivity contribution in [1.82, 2.24) is 4.98 Å². The first-order valence-electron chi connectivity index (χ1n) is 6.40. The van der Waals surface area contributed by atoms with Gasteiger partial charge < -0.3 is 9.15 Å². The summed E-state index contributed by atoms with van der Waals surface area (Å²) in [6.45, 7) is 0. The van der Waals surface area contributed by atoms with Crippen molar-refractivity contribution in [2.75, 3.05) is 19.1 Å². The standard InChI is InChI=1S/C15H12N2O4S/c1-17(15-16-10-5-3-4-6-12(10)22-15)13(18)11-7-9(8-21-11)14(19)20-2/h3-8H,1-2H3. The van der Waals surface area contributed by atoms with Crippen molar-refractivity contribution in [2.24, 2.45) is 0 Å². The van der Waals surface area contributed by atoms with Crippen LogP contribution in [-0.4, -0.2) is 31.0 Å². The molecule has 7 heteroatoms. The first-order valence-corrected chi connectivity index (χ1v) is 7.22. The number of fused-ring (bicyclic) bond motifs is 1. The monoisotopic (exact) mass is 316 g/mol. The Kier molecular flexibility index (Phi) is 3.64. The normalized spacial score (nSPS) is 10.6. The van der Waals surface area contributed by atoms with Gasteiger partial charge in [-0.1, -0.05) is 23.5 Å². The van der Waals surface area contributed by atoms with Crippen LogP contribution in [-0.2, 0) is 4.74 Å². The first kappa shape index (κ1) is 14.3. The molecule has 0 atom stereocenters. The van der Waals surface area contributed by atoms with Gasteiger partial charge in [-0.3, -0.25) is 9.69 Å². The summed E-state index contributed by atoms with van der Waals surface area (Å²) in [7, 11) is 2.88. The number of benzene rings is 1. The highest BCUT2D eigenvalue weighted by Crippen LogP contribution is 2.28. The van der Waals surface area contributed by atoms with Crippen molar-refractivity contribution >= 4 is 38.6 Å². The summed E-state index contributed by atoms with van der Waals surface area (Å²) in [5.41, 5.74) is 1.03. The van der Waals surface area contributed by atoms with Crippen LogP contribution in [0.2, 0.25) is 0 Å². The molecule has 0 aliphatic carbocycles. The summed E-state index contributed by atoms with van der Waals surface area (Å²) in [6, 6.07) is 9.00. The largest absolute Gasteiger partial charge is 0.465 e. The third kappa shape index (κ3) is 2.46. The molecule has 1 amide bonds. The van der Waals surface area contributed by atoms with Crippen LogP contribution >= 0.6 is 11.3 Å². The fraction of sp³-hybridized carbons (Fsp3) is 0.133. The highest BCUT2D eigenvalue weighted by atomic mass is 32.1. The Morgan fingerprint density at radius 2 is 2.09 bits per heavy atom. The molecule has 0 radical (unpaired) electrons. The van der Waals surface area contributed by atoms with Crippen LogP contribution in [0.25, 0.3) is 10.2 Å². The highest BCUT2D eigenvalue weighted by Gasteiger charge is 2.22. The van der Waals surface area contributed by atoms with Gasteiger partial charge in [0.15, 0.2) is 10.9 Å².